The second-order valence-electron chi connectivity index (χ2n) is 7.93. The van der Waals surface area contributed by atoms with Crippen LogP contribution in [0.4, 0.5) is 14.3 Å². The van der Waals surface area contributed by atoms with E-state index in [9.17, 15) is 18.8 Å². The normalized spacial score (nSPS) is 16.8. The van der Waals surface area contributed by atoms with E-state index < -0.39 is 23.8 Å². The van der Waals surface area contributed by atoms with E-state index in [-0.39, 0.29) is 30.7 Å². The molecule has 1 saturated heterocycles. The Hall–Kier alpha value is -2.81. The summed E-state index contributed by atoms with van der Waals surface area (Å²) >= 11 is 1.35. The highest BCUT2D eigenvalue weighted by Gasteiger charge is 2.37. The minimum atomic E-state index is -0.775. The van der Waals surface area contributed by atoms with Crippen molar-refractivity contribution in [3.63, 3.8) is 0 Å². The van der Waals surface area contributed by atoms with Crippen LogP contribution in [0.15, 0.2) is 29.6 Å². The molecule has 29 heavy (non-hydrogen) atoms. The molecule has 4 amide bonds. The van der Waals surface area contributed by atoms with Crippen LogP contribution >= 0.6 is 11.3 Å². The Bertz CT molecular complexity index is 938. The number of hydrogen-bond acceptors (Lipinski definition) is 5. The fraction of sp³-hybridized carbons (Fsp3) is 0.400. The van der Waals surface area contributed by atoms with Gasteiger partial charge in [-0.25, -0.2) is 14.2 Å². The van der Waals surface area contributed by atoms with Crippen LogP contribution < -0.4 is 10.6 Å². The van der Waals surface area contributed by atoms with Crippen LogP contribution in [0.5, 0.6) is 0 Å². The summed E-state index contributed by atoms with van der Waals surface area (Å²) in [7, 11) is 0. The maximum Gasteiger partial charge on any atom is 0.325 e. The first-order valence-electron chi connectivity index (χ1n) is 9.25. The molecule has 2 N–H and O–H groups in total. The lowest BCUT2D eigenvalue weighted by Crippen LogP contribution is -2.31. The monoisotopic (exact) mass is 418 g/mol. The van der Waals surface area contributed by atoms with E-state index in [2.05, 4.69) is 15.6 Å². The lowest BCUT2D eigenvalue weighted by atomic mass is 9.93. The van der Waals surface area contributed by atoms with Gasteiger partial charge in [-0.1, -0.05) is 32.9 Å². The van der Waals surface area contributed by atoms with Crippen molar-refractivity contribution >= 4 is 34.3 Å². The van der Waals surface area contributed by atoms with Crippen molar-refractivity contribution in [2.45, 2.75) is 51.6 Å². The molecule has 154 valence electrons. The summed E-state index contributed by atoms with van der Waals surface area (Å²) in [5.41, 5.74) is 1.31. The van der Waals surface area contributed by atoms with Gasteiger partial charge in [0.15, 0.2) is 5.13 Å². The summed E-state index contributed by atoms with van der Waals surface area (Å²) in [5.74, 6) is -1.12. The molecule has 1 aliphatic heterocycles. The van der Waals surface area contributed by atoms with E-state index >= 15 is 0 Å². The minimum absolute atomic E-state index is 0.0141. The van der Waals surface area contributed by atoms with Crippen molar-refractivity contribution < 1.29 is 18.8 Å². The number of nitrogens with one attached hydrogen (secondary N) is 2. The van der Waals surface area contributed by atoms with Gasteiger partial charge in [0.05, 0.1) is 12.2 Å². The number of carbonyl (C=O) groups excluding carboxylic acids is 3. The van der Waals surface area contributed by atoms with Crippen LogP contribution in [0.2, 0.25) is 0 Å². The molecule has 1 fully saturated rings. The summed E-state index contributed by atoms with van der Waals surface area (Å²) in [6.07, 6.45) is 0.239. The molecule has 2 heterocycles. The van der Waals surface area contributed by atoms with Crippen LogP contribution in [0.3, 0.4) is 0 Å². The van der Waals surface area contributed by atoms with Gasteiger partial charge in [0.2, 0.25) is 5.91 Å². The average molecular weight is 418 g/mol. The van der Waals surface area contributed by atoms with Crippen LogP contribution in [-0.4, -0.2) is 33.8 Å². The van der Waals surface area contributed by atoms with Gasteiger partial charge in [-0.2, -0.15) is 0 Å². The highest BCUT2D eigenvalue weighted by atomic mass is 32.1. The number of halogens is 1. The molecule has 1 atom stereocenters. The van der Waals surface area contributed by atoms with Gasteiger partial charge >= 0.3 is 6.03 Å². The summed E-state index contributed by atoms with van der Waals surface area (Å²) in [6.45, 7) is 6.10. The van der Waals surface area contributed by atoms with Crippen LogP contribution in [0.1, 0.15) is 44.9 Å². The predicted octanol–water partition coefficient (Wildman–Crippen LogP) is 3.42. The van der Waals surface area contributed by atoms with Crippen LogP contribution in [0, 0.1) is 5.82 Å². The lowest BCUT2D eigenvalue weighted by molar-refractivity contribution is -0.128. The molecule has 9 heteroatoms. The van der Waals surface area contributed by atoms with Crippen molar-refractivity contribution in [3.05, 3.63) is 46.7 Å². The summed E-state index contributed by atoms with van der Waals surface area (Å²) in [6, 6.07) is 4.42. The number of anilines is 1. The van der Waals surface area contributed by atoms with Gasteiger partial charge in [-0.15, -0.1) is 11.3 Å². The molecule has 1 aromatic heterocycles. The highest BCUT2D eigenvalue weighted by Crippen LogP contribution is 2.26. The zero-order chi connectivity index (χ0) is 21.2. The molecule has 1 aliphatic rings. The van der Waals surface area contributed by atoms with Crippen LogP contribution in [0.25, 0.3) is 0 Å². The minimum Gasteiger partial charge on any atom is -0.326 e. The van der Waals surface area contributed by atoms with Crippen LogP contribution in [-0.2, 0) is 21.5 Å². The SMILES string of the molecule is CC(C)(C)c1csc(NC(=O)CCC2NC(=O)N(Cc3cccc(F)c3)C2=O)n1. The van der Waals surface area contributed by atoms with E-state index in [1.807, 2.05) is 26.2 Å². The third-order valence-electron chi connectivity index (χ3n) is 4.52. The largest absolute Gasteiger partial charge is 0.326 e. The molecule has 0 bridgehead atoms. The number of urea groups is 1. The first-order chi connectivity index (χ1) is 13.6. The summed E-state index contributed by atoms with van der Waals surface area (Å²) in [5, 5.41) is 7.73. The molecule has 1 unspecified atom stereocenters. The van der Waals surface area contributed by atoms with Gasteiger partial charge in [0.1, 0.15) is 11.9 Å². The number of hydrogen-bond donors (Lipinski definition) is 2. The molecular formula is C20H23FN4O3S. The van der Waals surface area contributed by atoms with Crippen molar-refractivity contribution in [2.24, 2.45) is 0 Å². The Morgan fingerprint density at radius 1 is 1.34 bits per heavy atom. The lowest BCUT2D eigenvalue weighted by Gasteiger charge is -2.14. The van der Waals surface area contributed by atoms with Gasteiger partial charge in [0.25, 0.3) is 5.91 Å². The molecule has 0 aliphatic carbocycles. The van der Waals surface area contributed by atoms with E-state index in [1.165, 1.54) is 29.5 Å². The van der Waals surface area contributed by atoms with E-state index in [1.54, 1.807) is 6.07 Å². The van der Waals surface area contributed by atoms with Gasteiger partial charge in [-0.3, -0.25) is 14.5 Å². The van der Waals surface area contributed by atoms with Crippen molar-refractivity contribution in [1.29, 1.82) is 0 Å². The van der Waals surface area contributed by atoms with Gasteiger partial charge in [-0.05, 0) is 24.1 Å². The Labute approximate surface area is 172 Å². The van der Waals surface area contributed by atoms with Crippen molar-refractivity contribution in [3.8, 4) is 0 Å². The Kier molecular flexibility index (Phi) is 5.97. The summed E-state index contributed by atoms with van der Waals surface area (Å²) in [4.78, 5) is 42.2. The smallest absolute Gasteiger partial charge is 0.325 e. The number of thiazole rings is 1. The maximum atomic E-state index is 13.3. The van der Waals surface area contributed by atoms with Crippen molar-refractivity contribution in [2.75, 3.05) is 5.32 Å². The molecule has 7 nitrogen and oxygen atoms in total. The van der Waals surface area contributed by atoms with Crippen molar-refractivity contribution in [1.82, 2.24) is 15.2 Å². The standard InChI is InChI=1S/C20H23FN4O3S/c1-20(2,3)15-11-29-18(23-15)24-16(26)8-7-14-17(27)25(19(28)22-14)10-12-5-4-6-13(21)9-12/h4-6,9,11,14H,7-8,10H2,1-3H3,(H,22,28)(H,23,24,26). The van der Waals surface area contributed by atoms with E-state index in [0.717, 1.165) is 10.6 Å². The zero-order valence-corrected chi connectivity index (χ0v) is 17.3. The number of carbonyl (C=O) groups is 3. The first-order valence-corrected chi connectivity index (χ1v) is 10.1. The van der Waals surface area contributed by atoms with Gasteiger partial charge in [0, 0.05) is 17.2 Å². The Morgan fingerprint density at radius 2 is 2.10 bits per heavy atom. The first kappa shape index (κ1) is 20.9. The number of aromatic nitrogens is 1. The Morgan fingerprint density at radius 3 is 2.76 bits per heavy atom. The Balaban J connectivity index is 1.53. The highest BCUT2D eigenvalue weighted by molar-refractivity contribution is 7.13. The topological polar surface area (TPSA) is 91.4 Å². The second-order valence-corrected chi connectivity index (χ2v) is 8.79. The fourth-order valence-corrected chi connectivity index (χ4v) is 3.83. The third-order valence-corrected chi connectivity index (χ3v) is 5.27. The number of nitrogens with zero attached hydrogens (tertiary/aromatic N) is 2. The maximum absolute atomic E-state index is 13.3. The molecular weight excluding hydrogens is 395 g/mol. The number of rotatable bonds is 6. The molecule has 2 aromatic rings. The number of imide groups is 1. The molecule has 0 spiro atoms. The van der Waals surface area contributed by atoms with E-state index in [4.69, 9.17) is 0 Å². The second kappa shape index (κ2) is 8.28. The summed E-state index contributed by atoms with van der Waals surface area (Å²) < 4.78 is 13.3. The fourth-order valence-electron chi connectivity index (χ4n) is 2.87. The van der Waals surface area contributed by atoms with E-state index in [0.29, 0.717) is 10.7 Å². The van der Waals surface area contributed by atoms with Gasteiger partial charge < -0.3 is 10.6 Å². The quantitative estimate of drug-likeness (QED) is 0.703. The zero-order valence-electron chi connectivity index (χ0n) is 16.5. The molecule has 3 rings (SSSR count). The third kappa shape index (κ3) is 5.17. The number of benzene rings is 1. The average Bonchev–Trinajstić information content (AvgIpc) is 3.20. The molecule has 1 aromatic carbocycles. The molecule has 0 radical (unpaired) electrons. The molecule has 0 saturated carbocycles. The number of amides is 4. The predicted molar refractivity (Wildman–Crippen MR) is 108 cm³/mol.